The van der Waals surface area contributed by atoms with Crippen LogP contribution in [-0.2, 0) is 0 Å². The van der Waals surface area contributed by atoms with E-state index in [0.29, 0.717) is 22.0 Å². The van der Waals surface area contributed by atoms with Crippen LogP contribution in [0.25, 0.3) is 0 Å². The number of aromatic nitrogens is 1. The third-order valence-electron chi connectivity index (χ3n) is 5.27. The first-order chi connectivity index (χ1) is 13.4. The summed E-state index contributed by atoms with van der Waals surface area (Å²) in [5.41, 5.74) is 3.20. The highest BCUT2D eigenvalue weighted by molar-refractivity contribution is 6.34. The van der Waals surface area contributed by atoms with Crippen molar-refractivity contribution in [3.05, 3.63) is 57.9 Å². The third kappa shape index (κ3) is 4.36. The Kier molecular flexibility index (Phi) is 6.35. The molecule has 3 rings (SSSR count). The van der Waals surface area contributed by atoms with Crippen LogP contribution in [0.3, 0.4) is 0 Å². The van der Waals surface area contributed by atoms with Crippen molar-refractivity contribution in [1.82, 2.24) is 9.88 Å². The van der Waals surface area contributed by atoms with E-state index in [0.717, 1.165) is 43.4 Å². The van der Waals surface area contributed by atoms with Crippen molar-refractivity contribution in [2.24, 2.45) is 0 Å². The van der Waals surface area contributed by atoms with E-state index in [1.165, 1.54) is 6.20 Å². The average molecular weight is 400 g/mol. The number of nitrogens with zero attached hydrogens (tertiary/aromatic N) is 2. The normalized spacial score (nSPS) is 16.7. The van der Waals surface area contributed by atoms with Crippen LogP contribution in [0.2, 0.25) is 5.02 Å². The molecule has 1 saturated heterocycles. The number of halogens is 1. The molecule has 6 heteroatoms. The number of amides is 2. The first-order valence-corrected chi connectivity index (χ1v) is 10.1. The van der Waals surface area contributed by atoms with E-state index < -0.39 is 0 Å². The number of rotatable bonds is 4. The summed E-state index contributed by atoms with van der Waals surface area (Å²) in [4.78, 5) is 31.8. The lowest BCUT2D eigenvalue weighted by atomic mass is 9.99. The lowest BCUT2D eigenvalue weighted by molar-refractivity contribution is 0.0602. The summed E-state index contributed by atoms with van der Waals surface area (Å²) >= 11 is 6.29. The van der Waals surface area contributed by atoms with Gasteiger partial charge in [-0.05, 0) is 68.9 Å². The van der Waals surface area contributed by atoms with Crippen LogP contribution in [0.4, 0.5) is 5.69 Å². The molecule has 2 heterocycles. The van der Waals surface area contributed by atoms with E-state index in [-0.39, 0.29) is 17.9 Å². The zero-order valence-corrected chi connectivity index (χ0v) is 17.3. The zero-order valence-electron chi connectivity index (χ0n) is 16.6. The maximum atomic E-state index is 13.0. The topological polar surface area (TPSA) is 62.3 Å². The smallest absolute Gasteiger partial charge is 0.272 e. The number of hydrogen-bond acceptors (Lipinski definition) is 3. The minimum absolute atomic E-state index is 0.106. The van der Waals surface area contributed by atoms with Crippen LogP contribution in [0.1, 0.15) is 64.6 Å². The number of carbonyl (C=O) groups excluding carboxylic acids is 2. The number of nitrogens with one attached hydrogen (secondary N) is 1. The molecular formula is C22H26ClN3O2. The van der Waals surface area contributed by atoms with Gasteiger partial charge in [0.15, 0.2) is 0 Å². The Morgan fingerprint density at radius 3 is 2.75 bits per heavy atom. The maximum absolute atomic E-state index is 13.0. The molecule has 2 aromatic rings. The quantitative estimate of drug-likeness (QED) is 0.786. The van der Waals surface area contributed by atoms with Crippen molar-refractivity contribution >= 4 is 29.1 Å². The molecule has 2 amide bonds. The zero-order chi connectivity index (χ0) is 20.3. The lowest BCUT2D eigenvalue weighted by Crippen LogP contribution is -2.43. The predicted octanol–water partition coefficient (Wildman–Crippen LogP) is 5.01. The minimum atomic E-state index is -0.309. The Hall–Kier alpha value is -2.40. The van der Waals surface area contributed by atoms with Gasteiger partial charge in [-0.15, -0.1) is 0 Å². The highest BCUT2D eigenvalue weighted by Crippen LogP contribution is 2.28. The van der Waals surface area contributed by atoms with E-state index in [1.807, 2.05) is 30.9 Å². The minimum Gasteiger partial charge on any atom is -0.334 e. The molecule has 0 aliphatic carbocycles. The molecular weight excluding hydrogens is 374 g/mol. The van der Waals surface area contributed by atoms with Gasteiger partial charge in [-0.2, -0.15) is 0 Å². The number of anilines is 1. The third-order valence-corrected chi connectivity index (χ3v) is 5.57. The molecule has 28 heavy (non-hydrogen) atoms. The van der Waals surface area contributed by atoms with Crippen molar-refractivity contribution in [3.8, 4) is 0 Å². The van der Waals surface area contributed by atoms with E-state index in [2.05, 4.69) is 17.2 Å². The molecule has 1 aliphatic rings. The van der Waals surface area contributed by atoms with E-state index in [4.69, 9.17) is 11.6 Å². The molecule has 1 aliphatic heterocycles. The number of carbonyl (C=O) groups is 2. The first kappa shape index (κ1) is 20.3. The Balaban J connectivity index is 1.81. The van der Waals surface area contributed by atoms with Gasteiger partial charge in [-0.25, -0.2) is 0 Å². The fraction of sp³-hybridized carbons (Fsp3) is 0.409. The molecule has 1 aromatic carbocycles. The van der Waals surface area contributed by atoms with E-state index >= 15 is 0 Å². The Labute approximate surface area is 171 Å². The SMILES string of the molecule is CCC1CCCCN1C(=O)c1cc(C(=O)Nc2c(C)cc(C)cc2Cl)ccn1. The number of piperidine rings is 1. The highest BCUT2D eigenvalue weighted by Gasteiger charge is 2.27. The number of likely N-dealkylation sites (tertiary alicyclic amines) is 1. The van der Waals surface area contributed by atoms with Crippen LogP contribution in [0.15, 0.2) is 30.5 Å². The second-order valence-electron chi connectivity index (χ2n) is 7.38. The number of pyridine rings is 1. The van der Waals surface area contributed by atoms with Crippen molar-refractivity contribution in [2.75, 3.05) is 11.9 Å². The molecule has 1 fully saturated rings. The van der Waals surface area contributed by atoms with Crippen LogP contribution >= 0.6 is 11.6 Å². The molecule has 0 spiro atoms. The van der Waals surface area contributed by atoms with Crippen molar-refractivity contribution < 1.29 is 9.59 Å². The Morgan fingerprint density at radius 2 is 2.04 bits per heavy atom. The second kappa shape index (κ2) is 8.74. The standard InChI is InChI=1S/C22H26ClN3O2/c1-4-17-7-5-6-10-26(17)22(28)19-13-16(8-9-24-19)21(27)25-20-15(3)11-14(2)12-18(20)23/h8-9,11-13,17H,4-7,10H2,1-3H3,(H,25,27). The van der Waals surface area contributed by atoms with Gasteiger partial charge in [-0.1, -0.05) is 24.6 Å². The van der Waals surface area contributed by atoms with Crippen molar-refractivity contribution in [1.29, 1.82) is 0 Å². The van der Waals surface area contributed by atoms with Gasteiger partial charge in [0.05, 0.1) is 10.7 Å². The van der Waals surface area contributed by atoms with E-state index in [9.17, 15) is 9.59 Å². The van der Waals surface area contributed by atoms with Crippen LogP contribution in [0, 0.1) is 13.8 Å². The molecule has 0 saturated carbocycles. The van der Waals surface area contributed by atoms with Gasteiger partial charge < -0.3 is 10.2 Å². The van der Waals surface area contributed by atoms with Gasteiger partial charge in [-0.3, -0.25) is 14.6 Å². The maximum Gasteiger partial charge on any atom is 0.272 e. The highest BCUT2D eigenvalue weighted by atomic mass is 35.5. The van der Waals surface area contributed by atoms with Crippen LogP contribution < -0.4 is 5.32 Å². The van der Waals surface area contributed by atoms with Crippen molar-refractivity contribution in [2.45, 2.75) is 52.5 Å². The first-order valence-electron chi connectivity index (χ1n) is 9.75. The largest absolute Gasteiger partial charge is 0.334 e. The Bertz CT molecular complexity index is 874. The fourth-order valence-electron chi connectivity index (χ4n) is 3.79. The monoisotopic (exact) mass is 399 g/mol. The van der Waals surface area contributed by atoms with Gasteiger partial charge in [0.2, 0.25) is 0 Å². The van der Waals surface area contributed by atoms with Crippen LogP contribution in [-0.4, -0.2) is 34.3 Å². The van der Waals surface area contributed by atoms with Gasteiger partial charge in [0.1, 0.15) is 5.69 Å². The molecule has 1 N–H and O–H groups in total. The molecule has 0 bridgehead atoms. The van der Waals surface area contributed by atoms with Crippen LogP contribution in [0.5, 0.6) is 0 Å². The summed E-state index contributed by atoms with van der Waals surface area (Å²) in [6.45, 7) is 6.70. The van der Waals surface area contributed by atoms with Crippen molar-refractivity contribution in [3.63, 3.8) is 0 Å². The van der Waals surface area contributed by atoms with Gasteiger partial charge >= 0.3 is 0 Å². The number of hydrogen-bond donors (Lipinski definition) is 1. The molecule has 1 unspecified atom stereocenters. The summed E-state index contributed by atoms with van der Waals surface area (Å²) in [5, 5.41) is 3.36. The van der Waals surface area contributed by atoms with Gasteiger partial charge in [0, 0.05) is 24.3 Å². The molecule has 5 nitrogen and oxygen atoms in total. The second-order valence-corrected chi connectivity index (χ2v) is 7.79. The fourth-order valence-corrected chi connectivity index (χ4v) is 4.16. The number of benzene rings is 1. The summed E-state index contributed by atoms with van der Waals surface area (Å²) in [6.07, 6.45) is 5.61. The number of aryl methyl sites for hydroxylation is 2. The summed E-state index contributed by atoms with van der Waals surface area (Å²) < 4.78 is 0. The summed E-state index contributed by atoms with van der Waals surface area (Å²) in [6, 6.07) is 7.19. The van der Waals surface area contributed by atoms with E-state index in [1.54, 1.807) is 12.1 Å². The Morgan fingerprint density at radius 1 is 1.25 bits per heavy atom. The predicted molar refractivity (Wildman–Crippen MR) is 112 cm³/mol. The summed E-state index contributed by atoms with van der Waals surface area (Å²) in [7, 11) is 0. The van der Waals surface area contributed by atoms with Gasteiger partial charge in [0.25, 0.3) is 11.8 Å². The molecule has 148 valence electrons. The molecule has 1 aromatic heterocycles. The molecule has 1 atom stereocenters. The average Bonchev–Trinajstić information content (AvgIpc) is 2.70. The lowest BCUT2D eigenvalue weighted by Gasteiger charge is -2.35. The summed E-state index contributed by atoms with van der Waals surface area (Å²) in [5.74, 6) is -0.415. The molecule has 0 radical (unpaired) electrons.